The zero-order chi connectivity index (χ0) is 18.0. The minimum atomic E-state index is -0.252. The summed E-state index contributed by atoms with van der Waals surface area (Å²) in [4.78, 5) is 26.4. The molecule has 3 rings (SSSR count). The maximum atomic E-state index is 12.6. The topological polar surface area (TPSA) is 90.1 Å². The van der Waals surface area contributed by atoms with Gasteiger partial charge in [0.05, 0.1) is 6.54 Å². The average Bonchev–Trinajstić information content (AvgIpc) is 3.01. The summed E-state index contributed by atoms with van der Waals surface area (Å²) in [5, 5.41) is 13.2. The maximum Gasteiger partial charge on any atom is 0.274 e. The molecule has 0 spiro atoms. The second-order valence-electron chi connectivity index (χ2n) is 6.43. The second-order valence-corrected chi connectivity index (χ2v) is 6.43. The fraction of sp³-hybridized carbons (Fsp3) is 0.389. The van der Waals surface area contributed by atoms with Gasteiger partial charge < -0.3 is 15.5 Å². The second kappa shape index (κ2) is 7.06. The van der Waals surface area contributed by atoms with Crippen molar-refractivity contribution in [3.8, 4) is 0 Å². The molecule has 0 fully saturated rings. The van der Waals surface area contributed by atoms with E-state index in [1.807, 2.05) is 32.0 Å². The van der Waals surface area contributed by atoms with Crippen LogP contribution < -0.4 is 10.6 Å². The van der Waals surface area contributed by atoms with Crippen LogP contribution in [0, 0.1) is 13.8 Å². The normalized spacial score (nSPS) is 13.2. The lowest BCUT2D eigenvalue weighted by Gasteiger charge is -2.19. The van der Waals surface area contributed by atoms with Crippen LogP contribution in [0.3, 0.4) is 0 Å². The van der Waals surface area contributed by atoms with Crippen molar-refractivity contribution < 1.29 is 9.59 Å². The minimum absolute atomic E-state index is 0.0261. The van der Waals surface area contributed by atoms with Crippen molar-refractivity contribution in [2.45, 2.75) is 26.8 Å². The predicted octanol–water partition coefficient (Wildman–Crippen LogP) is 1.38. The summed E-state index contributed by atoms with van der Waals surface area (Å²) < 4.78 is 0. The van der Waals surface area contributed by atoms with Crippen LogP contribution in [0.25, 0.3) is 0 Å². The largest absolute Gasteiger partial charge is 0.331 e. The molecule has 132 valence electrons. The van der Waals surface area contributed by atoms with E-state index in [0.717, 1.165) is 41.0 Å². The fourth-order valence-electron chi connectivity index (χ4n) is 3.06. The number of aromatic amines is 1. The number of H-pyrrole nitrogens is 1. The highest BCUT2D eigenvalue weighted by Gasteiger charge is 2.25. The summed E-state index contributed by atoms with van der Waals surface area (Å²) in [5.74, 6) is -0.478. The molecular formula is C18H23N5O2. The molecule has 0 bridgehead atoms. The summed E-state index contributed by atoms with van der Waals surface area (Å²) in [5.41, 5.74) is 5.08. The number of nitrogens with zero attached hydrogens (tertiary/aromatic N) is 2. The molecule has 7 nitrogen and oxygen atoms in total. The summed E-state index contributed by atoms with van der Waals surface area (Å²) in [7, 11) is 1.62. The first-order valence-corrected chi connectivity index (χ1v) is 8.35. The van der Waals surface area contributed by atoms with Crippen molar-refractivity contribution in [3.63, 3.8) is 0 Å². The number of rotatable bonds is 4. The first-order valence-electron chi connectivity index (χ1n) is 8.35. The van der Waals surface area contributed by atoms with Crippen LogP contribution in [-0.4, -0.2) is 47.0 Å². The van der Waals surface area contributed by atoms with Crippen molar-refractivity contribution in [3.05, 3.63) is 46.3 Å². The Kier molecular flexibility index (Phi) is 4.85. The number of anilines is 1. The van der Waals surface area contributed by atoms with E-state index in [1.165, 1.54) is 4.90 Å². The molecule has 0 radical (unpaired) electrons. The van der Waals surface area contributed by atoms with Gasteiger partial charge in [0.15, 0.2) is 5.69 Å². The van der Waals surface area contributed by atoms with Gasteiger partial charge in [-0.05, 0) is 25.0 Å². The van der Waals surface area contributed by atoms with Crippen LogP contribution >= 0.6 is 0 Å². The van der Waals surface area contributed by atoms with E-state index in [-0.39, 0.29) is 18.4 Å². The number of benzene rings is 1. The Bertz CT molecular complexity index is 792. The number of hydrogen-bond acceptors (Lipinski definition) is 4. The monoisotopic (exact) mass is 341 g/mol. The standard InChI is InChI=1S/C18H23N5O2/c1-11-5-4-6-12(2)16(11)20-15(24)10-23(3)18(25)17-13-9-19-8-7-14(13)21-22-17/h4-6,19H,7-10H2,1-3H3,(H,20,24)(H,21,22). The van der Waals surface area contributed by atoms with Gasteiger partial charge in [0.25, 0.3) is 5.91 Å². The molecular weight excluding hydrogens is 318 g/mol. The third-order valence-corrected chi connectivity index (χ3v) is 4.48. The number of para-hydroxylation sites is 1. The maximum absolute atomic E-state index is 12.6. The smallest absolute Gasteiger partial charge is 0.274 e. The van der Waals surface area contributed by atoms with Crippen molar-refractivity contribution in [2.75, 3.05) is 25.5 Å². The van der Waals surface area contributed by atoms with Crippen LogP contribution in [0.15, 0.2) is 18.2 Å². The summed E-state index contributed by atoms with van der Waals surface area (Å²) in [6, 6.07) is 5.84. The molecule has 3 N–H and O–H groups in total. The SMILES string of the molecule is Cc1cccc(C)c1NC(=O)CN(C)C(=O)c1n[nH]c2c1CNCC2. The van der Waals surface area contributed by atoms with E-state index < -0.39 is 0 Å². The zero-order valence-corrected chi connectivity index (χ0v) is 14.8. The van der Waals surface area contributed by atoms with Crippen LogP contribution in [0.1, 0.15) is 32.9 Å². The molecule has 0 atom stereocenters. The number of fused-ring (bicyclic) bond motifs is 1. The van der Waals surface area contributed by atoms with Gasteiger partial charge in [-0.25, -0.2) is 0 Å². The minimum Gasteiger partial charge on any atom is -0.331 e. The van der Waals surface area contributed by atoms with Gasteiger partial charge in [0, 0.05) is 43.5 Å². The molecule has 2 heterocycles. The molecule has 2 aromatic rings. The molecule has 1 aromatic carbocycles. The van der Waals surface area contributed by atoms with Crippen molar-refractivity contribution >= 4 is 17.5 Å². The summed E-state index contributed by atoms with van der Waals surface area (Å²) in [6.45, 7) is 5.36. The molecule has 1 aliphatic heterocycles. The highest BCUT2D eigenvalue weighted by Crippen LogP contribution is 2.20. The molecule has 7 heteroatoms. The number of nitrogens with one attached hydrogen (secondary N) is 3. The molecule has 0 aliphatic carbocycles. The number of likely N-dealkylation sites (N-methyl/N-ethyl adjacent to an activating group) is 1. The van der Waals surface area contributed by atoms with Crippen LogP contribution in [-0.2, 0) is 17.8 Å². The highest BCUT2D eigenvalue weighted by atomic mass is 16.2. The Labute approximate surface area is 146 Å². The summed E-state index contributed by atoms with van der Waals surface area (Å²) in [6.07, 6.45) is 0.826. The van der Waals surface area contributed by atoms with Gasteiger partial charge in [0.2, 0.25) is 5.91 Å². The Balaban J connectivity index is 1.67. The number of carbonyl (C=O) groups is 2. The van der Waals surface area contributed by atoms with Gasteiger partial charge in [-0.3, -0.25) is 14.7 Å². The number of carbonyl (C=O) groups excluding carboxylic acids is 2. The fourth-order valence-corrected chi connectivity index (χ4v) is 3.06. The molecule has 0 saturated carbocycles. The van der Waals surface area contributed by atoms with E-state index in [1.54, 1.807) is 7.05 Å². The number of hydrogen-bond donors (Lipinski definition) is 3. The molecule has 0 unspecified atom stereocenters. The van der Waals surface area contributed by atoms with Crippen molar-refractivity contribution in [1.82, 2.24) is 20.4 Å². The van der Waals surface area contributed by atoms with Crippen LogP contribution in [0.2, 0.25) is 0 Å². The van der Waals surface area contributed by atoms with Gasteiger partial charge in [0.1, 0.15) is 0 Å². The van der Waals surface area contributed by atoms with E-state index in [0.29, 0.717) is 12.2 Å². The Morgan fingerprint density at radius 3 is 2.72 bits per heavy atom. The van der Waals surface area contributed by atoms with Crippen LogP contribution in [0.5, 0.6) is 0 Å². The highest BCUT2D eigenvalue weighted by molar-refractivity contribution is 5.99. The molecule has 1 aromatic heterocycles. The average molecular weight is 341 g/mol. The lowest BCUT2D eigenvalue weighted by molar-refractivity contribution is -0.116. The molecule has 2 amide bonds. The van der Waals surface area contributed by atoms with E-state index >= 15 is 0 Å². The van der Waals surface area contributed by atoms with E-state index in [2.05, 4.69) is 20.8 Å². The van der Waals surface area contributed by atoms with Crippen molar-refractivity contribution in [1.29, 1.82) is 0 Å². The first-order chi connectivity index (χ1) is 12.0. The molecule has 1 aliphatic rings. The Morgan fingerprint density at radius 2 is 2.00 bits per heavy atom. The predicted molar refractivity (Wildman–Crippen MR) is 95.5 cm³/mol. The van der Waals surface area contributed by atoms with Crippen molar-refractivity contribution in [2.24, 2.45) is 0 Å². The Hall–Kier alpha value is -2.67. The molecule has 0 saturated heterocycles. The third-order valence-electron chi connectivity index (χ3n) is 4.48. The van der Waals surface area contributed by atoms with Gasteiger partial charge in [-0.15, -0.1) is 0 Å². The van der Waals surface area contributed by atoms with Gasteiger partial charge in [-0.1, -0.05) is 18.2 Å². The van der Waals surface area contributed by atoms with E-state index in [9.17, 15) is 9.59 Å². The number of aryl methyl sites for hydroxylation is 2. The van der Waals surface area contributed by atoms with Gasteiger partial charge >= 0.3 is 0 Å². The van der Waals surface area contributed by atoms with Gasteiger partial charge in [-0.2, -0.15) is 5.10 Å². The quantitative estimate of drug-likeness (QED) is 0.784. The lowest BCUT2D eigenvalue weighted by Crippen LogP contribution is -2.36. The summed E-state index contributed by atoms with van der Waals surface area (Å²) >= 11 is 0. The number of amides is 2. The number of aromatic nitrogens is 2. The third kappa shape index (κ3) is 3.56. The van der Waals surface area contributed by atoms with E-state index in [4.69, 9.17) is 0 Å². The lowest BCUT2D eigenvalue weighted by atomic mass is 10.1. The van der Waals surface area contributed by atoms with Crippen LogP contribution in [0.4, 0.5) is 5.69 Å². The zero-order valence-electron chi connectivity index (χ0n) is 14.8. The molecule has 25 heavy (non-hydrogen) atoms. The first kappa shape index (κ1) is 17.2. The Morgan fingerprint density at radius 1 is 1.28 bits per heavy atom.